The molecule has 1 aliphatic rings. The van der Waals surface area contributed by atoms with Gasteiger partial charge >= 0.3 is 0 Å². The highest BCUT2D eigenvalue weighted by atomic mass is 16.1. The molecule has 0 heterocycles. The molecule has 0 atom stereocenters. The highest BCUT2D eigenvalue weighted by Gasteiger charge is 2.24. The molecule has 0 radical (unpaired) electrons. The lowest BCUT2D eigenvalue weighted by Gasteiger charge is -2.13. The van der Waals surface area contributed by atoms with E-state index in [1.54, 1.807) is 32.9 Å². The van der Waals surface area contributed by atoms with Crippen molar-refractivity contribution in [2.24, 2.45) is 0 Å². The first-order valence-corrected chi connectivity index (χ1v) is 4.22. The summed E-state index contributed by atoms with van der Waals surface area (Å²) in [5.41, 5.74) is 1.55. The molecule has 0 aliphatic heterocycles. The fraction of sp³-hybridized carbons (Fsp3) is 0.273. The third-order valence-electron chi connectivity index (χ3n) is 2.08. The van der Waals surface area contributed by atoms with Crippen molar-refractivity contribution < 1.29 is 9.59 Å². The van der Waals surface area contributed by atoms with Crippen molar-refractivity contribution in [1.82, 2.24) is 0 Å². The zero-order valence-electron chi connectivity index (χ0n) is 8.05. The second kappa shape index (κ2) is 3.52. The molecule has 0 unspecified atom stereocenters. The van der Waals surface area contributed by atoms with Crippen LogP contribution in [0.4, 0.5) is 0 Å². The summed E-state index contributed by atoms with van der Waals surface area (Å²) in [5, 5.41) is 0. The Labute approximate surface area is 77.6 Å². The maximum absolute atomic E-state index is 11.5. The van der Waals surface area contributed by atoms with E-state index in [1.807, 2.05) is 0 Å². The van der Waals surface area contributed by atoms with E-state index in [0.717, 1.165) is 0 Å². The summed E-state index contributed by atoms with van der Waals surface area (Å²) in [5.74, 6) is -0.122. The molecule has 0 aromatic rings. The van der Waals surface area contributed by atoms with E-state index in [4.69, 9.17) is 0 Å². The van der Waals surface area contributed by atoms with Gasteiger partial charge < -0.3 is 0 Å². The first-order chi connectivity index (χ1) is 6.11. The maximum Gasteiger partial charge on any atom is 0.189 e. The SMILES string of the molecule is CC=C1C(=O)C=C(C)C(=O)C1=CC. The van der Waals surface area contributed by atoms with Crippen molar-refractivity contribution in [2.75, 3.05) is 0 Å². The summed E-state index contributed by atoms with van der Waals surface area (Å²) < 4.78 is 0. The van der Waals surface area contributed by atoms with Crippen LogP contribution in [0.2, 0.25) is 0 Å². The van der Waals surface area contributed by atoms with Crippen LogP contribution in [0.5, 0.6) is 0 Å². The van der Waals surface area contributed by atoms with Crippen LogP contribution in [0.3, 0.4) is 0 Å². The fourth-order valence-corrected chi connectivity index (χ4v) is 1.39. The first kappa shape index (κ1) is 9.65. The molecule has 1 rings (SSSR count). The lowest BCUT2D eigenvalue weighted by atomic mass is 9.88. The van der Waals surface area contributed by atoms with Gasteiger partial charge in [0.15, 0.2) is 11.6 Å². The van der Waals surface area contributed by atoms with E-state index in [0.29, 0.717) is 16.7 Å². The fourth-order valence-electron chi connectivity index (χ4n) is 1.39. The van der Waals surface area contributed by atoms with Gasteiger partial charge in [-0.3, -0.25) is 9.59 Å². The Bertz CT molecular complexity index is 354. The van der Waals surface area contributed by atoms with Gasteiger partial charge in [-0.1, -0.05) is 12.2 Å². The van der Waals surface area contributed by atoms with Gasteiger partial charge in [-0.05, 0) is 26.8 Å². The Morgan fingerprint density at radius 2 is 1.62 bits per heavy atom. The molecular formula is C11H12O2. The smallest absolute Gasteiger partial charge is 0.189 e. The summed E-state index contributed by atoms with van der Waals surface area (Å²) >= 11 is 0. The second-order valence-electron chi connectivity index (χ2n) is 2.93. The van der Waals surface area contributed by atoms with E-state index in [9.17, 15) is 9.59 Å². The quantitative estimate of drug-likeness (QED) is 0.529. The number of hydrogen-bond donors (Lipinski definition) is 0. The van der Waals surface area contributed by atoms with E-state index < -0.39 is 0 Å². The third kappa shape index (κ3) is 1.52. The monoisotopic (exact) mass is 176 g/mol. The Kier molecular flexibility index (Phi) is 2.61. The average molecular weight is 176 g/mol. The molecule has 0 bridgehead atoms. The highest BCUT2D eigenvalue weighted by molar-refractivity contribution is 6.26. The van der Waals surface area contributed by atoms with Crippen molar-refractivity contribution in [1.29, 1.82) is 0 Å². The number of Topliss-reactive ketones (excluding diaryl/α,β-unsaturated/α-hetero) is 1. The van der Waals surface area contributed by atoms with Gasteiger partial charge in [0.2, 0.25) is 0 Å². The molecule has 0 N–H and O–H groups in total. The van der Waals surface area contributed by atoms with Crippen LogP contribution in [0.25, 0.3) is 0 Å². The Morgan fingerprint density at radius 3 is 2.08 bits per heavy atom. The molecule has 0 spiro atoms. The predicted molar refractivity (Wildman–Crippen MR) is 51.3 cm³/mol. The van der Waals surface area contributed by atoms with Crippen LogP contribution in [-0.2, 0) is 9.59 Å². The Morgan fingerprint density at radius 1 is 1.08 bits per heavy atom. The van der Waals surface area contributed by atoms with E-state index in [-0.39, 0.29) is 11.6 Å². The molecule has 68 valence electrons. The van der Waals surface area contributed by atoms with Crippen LogP contribution in [0.1, 0.15) is 20.8 Å². The average Bonchev–Trinajstić information content (AvgIpc) is 2.10. The predicted octanol–water partition coefficient (Wildman–Crippen LogP) is 1.98. The van der Waals surface area contributed by atoms with Crippen LogP contribution >= 0.6 is 0 Å². The van der Waals surface area contributed by atoms with Crippen molar-refractivity contribution in [3.63, 3.8) is 0 Å². The number of carbonyl (C=O) groups excluding carboxylic acids is 2. The van der Waals surface area contributed by atoms with E-state index >= 15 is 0 Å². The number of carbonyl (C=O) groups is 2. The minimum Gasteiger partial charge on any atom is -0.289 e. The van der Waals surface area contributed by atoms with Crippen molar-refractivity contribution in [3.8, 4) is 0 Å². The third-order valence-corrected chi connectivity index (χ3v) is 2.08. The normalized spacial score (nSPS) is 24.1. The molecule has 0 amide bonds. The van der Waals surface area contributed by atoms with Gasteiger partial charge in [-0.2, -0.15) is 0 Å². The molecule has 2 heteroatoms. The molecular weight excluding hydrogens is 164 g/mol. The zero-order chi connectivity index (χ0) is 10.0. The molecule has 0 aromatic heterocycles. The topological polar surface area (TPSA) is 34.1 Å². The number of ketones is 2. The van der Waals surface area contributed by atoms with Crippen molar-refractivity contribution in [2.45, 2.75) is 20.8 Å². The summed E-state index contributed by atoms with van der Waals surface area (Å²) in [6.45, 7) is 5.19. The maximum atomic E-state index is 11.5. The standard InChI is InChI=1S/C11H12O2/c1-4-8-9(5-2)11(13)7(3)6-10(8)12/h4-6H,1-3H3. The van der Waals surface area contributed by atoms with Gasteiger partial charge in [0.1, 0.15) is 0 Å². The second-order valence-corrected chi connectivity index (χ2v) is 2.93. The van der Waals surface area contributed by atoms with Gasteiger partial charge in [0.25, 0.3) is 0 Å². The largest absolute Gasteiger partial charge is 0.289 e. The lowest BCUT2D eigenvalue weighted by Crippen LogP contribution is -2.18. The van der Waals surface area contributed by atoms with Gasteiger partial charge in [-0.25, -0.2) is 0 Å². The summed E-state index contributed by atoms with van der Waals surface area (Å²) in [6, 6.07) is 0. The molecule has 2 nitrogen and oxygen atoms in total. The number of hydrogen-bond acceptors (Lipinski definition) is 2. The highest BCUT2D eigenvalue weighted by Crippen LogP contribution is 2.22. The summed E-state index contributed by atoms with van der Waals surface area (Å²) in [6.07, 6.45) is 4.76. The van der Waals surface area contributed by atoms with E-state index in [1.165, 1.54) is 6.08 Å². The molecule has 13 heavy (non-hydrogen) atoms. The van der Waals surface area contributed by atoms with Crippen LogP contribution in [0, 0.1) is 0 Å². The molecule has 0 saturated carbocycles. The molecule has 0 fully saturated rings. The Hall–Kier alpha value is -1.44. The first-order valence-electron chi connectivity index (χ1n) is 4.22. The molecule has 0 saturated heterocycles. The molecule has 1 aliphatic carbocycles. The zero-order valence-corrected chi connectivity index (χ0v) is 8.05. The summed E-state index contributed by atoms with van der Waals surface area (Å²) in [4.78, 5) is 23.0. The summed E-state index contributed by atoms with van der Waals surface area (Å²) in [7, 11) is 0. The van der Waals surface area contributed by atoms with Gasteiger partial charge in [0, 0.05) is 16.7 Å². The van der Waals surface area contributed by atoms with Crippen LogP contribution < -0.4 is 0 Å². The van der Waals surface area contributed by atoms with Crippen LogP contribution in [0.15, 0.2) is 34.9 Å². The minimum absolute atomic E-state index is 0.0461. The van der Waals surface area contributed by atoms with Crippen LogP contribution in [-0.4, -0.2) is 11.6 Å². The van der Waals surface area contributed by atoms with Gasteiger partial charge in [0.05, 0.1) is 0 Å². The van der Waals surface area contributed by atoms with E-state index in [2.05, 4.69) is 0 Å². The number of rotatable bonds is 0. The lowest BCUT2D eigenvalue weighted by molar-refractivity contribution is -0.116. The number of allylic oxidation sites excluding steroid dienone is 6. The molecule has 0 aromatic carbocycles. The minimum atomic E-state index is -0.0762. The van der Waals surface area contributed by atoms with Gasteiger partial charge in [-0.15, -0.1) is 0 Å². The van der Waals surface area contributed by atoms with Crippen molar-refractivity contribution in [3.05, 3.63) is 34.9 Å². The van der Waals surface area contributed by atoms with Crippen molar-refractivity contribution >= 4 is 11.6 Å². The Balaban J connectivity index is 3.33.